The molecular weight excluding hydrogens is 322 g/mol. The van der Waals surface area contributed by atoms with Crippen LogP contribution < -0.4 is 5.32 Å². The van der Waals surface area contributed by atoms with Gasteiger partial charge in [-0.2, -0.15) is 0 Å². The Hall–Kier alpha value is 0.0900. The first kappa shape index (κ1) is 13.5. The Morgan fingerprint density at radius 3 is 2.88 bits per heavy atom. The summed E-state index contributed by atoms with van der Waals surface area (Å²) < 4.78 is 24.4. The van der Waals surface area contributed by atoms with Crippen molar-refractivity contribution < 1.29 is 8.42 Å². The quantitative estimate of drug-likeness (QED) is 0.918. The molecule has 0 radical (unpaired) electrons. The summed E-state index contributed by atoms with van der Waals surface area (Å²) in [6.07, 6.45) is 1.61. The minimum absolute atomic E-state index is 0.187. The highest BCUT2D eigenvalue weighted by molar-refractivity contribution is 9.11. The zero-order valence-corrected chi connectivity index (χ0v) is 12.9. The normalized spacial score (nSPS) is 24.9. The number of halogens is 1. The molecule has 1 aliphatic heterocycles. The van der Waals surface area contributed by atoms with Crippen LogP contribution in [-0.4, -0.2) is 26.0 Å². The molecular formula is C11H16BrNO2S2. The third-order valence-corrected chi connectivity index (χ3v) is 7.22. The molecule has 1 aromatic heterocycles. The molecule has 17 heavy (non-hydrogen) atoms. The van der Waals surface area contributed by atoms with Gasteiger partial charge in [0.1, 0.15) is 0 Å². The summed E-state index contributed by atoms with van der Waals surface area (Å²) in [5, 5.41) is 3.13. The van der Waals surface area contributed by atoms with Gasteiger partial charge in [-0.25, -0.2) is 8.42 Å². The van der Waals surface area contributed by atoms with Crippen LogP contribution in [0.1, 0.15) is 30.7 Å². The first-order valence-electron chi connectivity index (χ1n) is 5.69. The molecule has 0 aromatic carbocycles. The molecule has 2 rings (SSSR count). The Morgan fingerprint density at radius 2 is 2.35 bits per heavy atom. The third kappa shape index (κ3) is 3.30. The Bertz CT molecular complexity index is 483. The van der Waals surface area contributed by atoms with Crippen LogP contribution in [0.25, 0.3) is 0 Å². The fraction of sp³-hybridized carbons (Fsp3) is 0.636. The molecule has 1 N–H and O–H groups in total. The summed E-state index contributed by atoms with van der Waals surface area (Å²) >= 11 is 5.11. The van der Waals surface area contributed by atoms with E-state index in [0.29, 0.717) is 12.3 Å². The highest BCUT2D eigenvalue weighted by Crippen LogP contribution is 2.27. The van der Waals surface area contributed by atoms with E-state index >= 15 is 0 Å². The molecule has 0 saturated carbocycles. The minimum atomic E-state index is -2.83. The summed E-state index contributed by atoms with van der Waals surface area (Å²) in [5.74, 6) is 0.359. The van der Waals surface area contributed by atoms with Gasteiger partial charge < -0.3 is 5.32 Å². The first-order chi connectivity index (χ1) is 7.99. The van der Waals surface area contributed by atoms with Crippen LogP contribution in [0.15, 0.2) is 15.9 Å². The SMILES string of the molecule is CC(NCC1CCCS1(=O)=O)c1ccc(Br)s1. The van der Waals surface area contributed by atoms with Gasteiger partial charge in [0.05, 0.1) is 14.8 Å². The van der Waals surface area contributed by atoms with Gasteiger partial charge in [0.25, 0.3) is 0 Å². The van der Waals surface area contributed by atoms with Crippen molar-refractivity contribution in [1.82, 2.24) is 5.32 Å². The van der Waals surface area contributed by atoms with Crippen LogP contribution in [0.3, 0.4) is 0 Å². The van der Waals surface area contributed by atoms with Crippen molar-refractivity contribution in [1.29, 1.82) is 0 Å². The minimum Gasteiger partial charge on any atom is -0.308 e. The molecule has 2 heterocycles. The summed E-state index contributed by atoms with van der Waals surface area (Å²) in [7, 11) is -2.83. The average molecular weight is 338 g/mol. The maximum atomic E-state index is 11.7. The van der Waals surface area contributed by atoms with E-state index < -0.39 is 9.84 Å². The van der Waals surface area contributed by atoms with Gasteiger partial charge in [-0.15, -0.1) is 11.3 Å². The Labute approximate surface area is 115 Å². The summed E-state index contributed by atoms with van der Waals surface area (Å²) in [6, 6.07) is 4.29. The molecule has 2 unspecified atom stereocenters. The molecule has 6 heteroatoms. The van der Waals surface area contributed by atoms with E-state index in [1.807, 2.05) is 6.07 Å². The first-order valence-corrected chi connectivity index (χ1v) is 9.02. The van der Waals surface area contributed by atoms with E-state index in [-0.39, 0.29) is 11.3 Å². The molecule has 1 aliphatic rings. The van der Waals surface area contributed by atoms with E-state index in [1.165, 1.54) is 4.88 Å². The fourth-order valence-electron chi connectivity index (χ4n) is 2.06. The van der Waals surface area contributed by atoms with Gasteiger partial charge in [0.15, 0.2) is 9.84 Å². The van der Waals surface area contributed by atoms with E-state index in [1.54, 1.807) is 11.3 Å². The second-order valence-corrected chi connectivity index (χ2v) is 9.30. The lowest BCUT2D eigenvalue weighted by Crippen LogP contribution is -2.31. The molecule has 0 amide bonds. The van der Waals surface area contributed by atoms with Crippen molar-refractivity contribution in [3.63, 3.8) is 0 Å². The van der Waals surface area contributed by atoms with Gasteiger partial charge in [-0.3, -0.25) is 0 Å². The van der Waals surface area contributed by atoms with Crippen LogP contribution >= 0.6 is 27.3 Å². The standard InChI is InChI=1S/C11H16BrNO2S2/c1-8(10-4-5-11(12)16-10)13-7-9-3-2-6-17(9,14)15/h4-5,8-9,13H,2-3,6-7H2,1H3. The van der Waals surface area contributed by atoms with E-state index in [4.69, 9.17) is 0 Å². The topological polar surface area (TPSA) is 46.2 Å². The fourth-order valence-corrected chi connectivity index (χ4v) is 5.29. The Morgan fingerprint density at radius 1 is 1.59 bits per heavy atom. The molecule has 96 valence electrons. The lowest BCUT2D eigenvalue weighted by atomic mass is 10.2. The van der Waals surface area contributed by atoms with Crippen molar-refractivity contribution in [2.45, 2.75) is 31.1 Å². The molecule has 1 fully saturated rings. The maximum Gasteiger partial charge on any atom is 0.154 e. The van der Waals surface area contributed by atoms with Gasteiger partial charge in [-0.1, -0.05) is 0 Å². The number of nitrogens with one attached hydrogen (secondary N) is 1. The van der Waals surface area contributed by atoms with Crippen molar-refractivity contribution >= 4 is 37.1 Å². The summed E-state index contributed by atoms with van der Waals surface area (Å²) in [6.45, 7) is 2.64. The van der Waals surface area contributed by atoms with Crippen molar-refractivity contribution in [3.8, 4) is 0 Å². The second kappa shape index (κ2) is 5.38. The lowest BCUT2D eigenvalue weighted by molar-refractivity contribution is 0.542. The highest BCUT2D eigenvalue weighted by atomic mass is 79.9. The van der Waals surface area contributed by atoms with Crippen molar-refractivity contribution in [3.05, 3.63) is 20.8 Å². The van der Waals surface area contributed by atoms with Gasteiger partial charge in [0, 0.05) is 17.5 Å². The molecule has 0 bridgehead atoms. The van der Waals surface area contributed by atoms with Crippen LogP contribution in [0.5, 0.6) is 0 Å². The van der Waals surface area contributed by atoms with E-state index in [9.17, 15) is 8.42 Å². The number of sulfone groups is 1. The number of hydrogen-bond donors (Lipinski definition) is 1. The van der Waals surface area contributed by atoms with Crippen molar-refractivity contribution in [2.24, 2.45) is 0 Å². The van der Waals surface area contributed by atoms with E-state index in [0.717, 1.165) is 16.6 Å². The predicted octanol–water partition coefficient (Wildman–Crippen LogP) is 2.74. The predicted molar refractivity (Wildman–Crippen MR) is 75.2 cm³/mol. The van der Waals surface area contributed by atoms with Crippen LogP contribution in [0, 0.1) is 0 Å². The summed E-state index contributed by atoms with van der Waals surface area (Å²) in [5.41, 5.74) is 0. The Kier molecular flexibility index (Phi) is 4.28. The van der Waals surface area contributed by atoms with Crippen molar-refractivity contribution in [2.75, 3.05) is 12.3 Å². The second-order valence-electron chi connectivity index (χ2n) is 4.40. The van der Waals surface area contributed by atoms with Gasteiger partial charge >= 0.3 is 0 Å². The molecule has 3 nitrogen and oxygen atoms in total. The molecule has 1 aromatic rings. The molecule has 0 spiro atoms. The number of rotatable bonds is 4. The van der Waals surface area contributed by atoms with Crippen LogP contribution in [0.4, 0.5) is 0 Å². The molecule has 1 saturated heterocycles. The Balaban J connectivity index is 1.90. The van der Waals surface area contributed by atoms with Crippen LogP contribution in [-0.2, 0) is 9.84 Å². The monoisotopic (exact) mass is 337 g/mol. The molecule has 0 aliphatic carbocycles. The lowest BCUT2D eigenvalue weighted by Gasteiger charge is -2.15. The van der Waals surface area contributed by atoms with Gasteiger partial charge in [-0.05, 0) is 47.8 Å². The maximum absolute atomic E-state index is 11.7. The largest absolute Gasteiger partial charge is 0.308 e. The number of thiophene rings is 1. The zero-order chi connectivity index (χ0) is 12.5. The average Bonchev–Trinajstić information content (AvgIpc) is 2.81. The zero-order valence-electron chi connectivity index (χ0n) is 9.65. The number of hydrogen-bond acceptors (Lipinski definition) is 4. The third-order valence-electron chi connectivity index (χ3n) is 3.14. The smallest absolute Gasteiger partial charge is 0.154 e. The molecule has 2 atom stereocenters. The highest BCUT2D eigenvalue weighted by Gasteiger charge is 2.31. The van der Waals surface area contributed by atoms with Gasteiger partial charge in [0.2, 0.25) is 0 Å². The summed E-state index contributed by atoms with van der Waals surface area (Å²) in [4.78, 5) is 1.23. The van der Waals surface area contributed by atoms with Crippen LogP contribution in [0.2, 0.25) is 0 Å². The van der Waals surface area contributed by atoms with E-state index in [2.05, 4.69) is 34.2 Å².